The van der Waals surface area contributed by atoms with E-state index in [4.69, 9.17) is 9.47 Å². The normalized spacial score (nSPS) is 42.8. The summed E-state index contributed by atoms with van der Waals surface area (Å²) in [7, 11) is 0. The van der Waals surface area contributed by atoms with E-state index >= 15 is 0 Å². The second-order valence-electron chi connectivity index (χ2n) is 7.02. The Bertz CT molecular complexity index is 424. The molecule has 3 heterocycles. The number of nitrogens with zero attached hydrogens (tertiary/aromatic N) is 2. The summed E-state index contributed by atoms with van der Waals surface area (Å²) in [6.45, 7) is 4.87. The van der Waals surface area contributed by atoms with Crippen LogP contribution in [0, 0.1) is 5.92 Å². The van der Waals surface area contributed by atoms with Crippen molar-refractivity contribution in [3.8, 4) is 0 Å². The van der Waals surface area contributed by atoms with Crippen molar-refractivity contribution in [1.82, 2.24) is 9.80 Å². The van der Waals surface area contributed by atoms with Gasteiger partial charge in [-0.15, -0.1) is 0 Å². The molecule has 0 bridgehead atoms. The zero-order valence-corrected chi connectivity index (χ0v) is 13.0. The van der Waals surface area contributed by atoms with Gasteiger partial charge in [-0.05, 0) is 25.7 Å². The largest absolute Gasteiger partial charge is 0.379 e. The predicted molar refractivity (Wildman–Crippen MR) is 78.3 cm³/mol. The predicted octanol–water partition coefficient (Wildman–Crippen LogP) is 0.825. The van der Waals surface area contributed by atoms with Gasteiger partial charge in [-0.3, -0.25) is 9.69 Å². The smallest absolute Gasteiger partial charge is 0.226 e. The summed E-state index contributed by atoms with van der Waals surface area (Å²) in [4.78, 5) is 17.1. The molecule has 0 aromatic carbocycles. The fourth-order valence-electron chi connectivity index (χ4n) is 4.40. The highest BCUT2D eigenvalue weighted by atomic mass is 19.1. The van der Waals surface area contributed by atoms with E-state index in [1.807, 2.05) is 4.90 Å². The number of morpholine rings is 1. The van der Waals surface area contributed by atoms with E-state index in [0.717, 1.165) is 52.3 Å². The van der Waals surface area contributed by atoms with E-state index in [2.05, 4.69) is 4.90 Å². The third kappa shape index (κ3) is 2.55. The van der Waals surface area contributed by atoms with Crippen LogP contribution in [0.5, 0.6) is 0 Å². The molecule has 0 aromatic heterocycles. The Morgan fingerprint density at radius 2 is 1.86 bits per heavy atom. The molecule has 0 unspecified atom stereocenters. The lowest BCUT2D eigenvalue weighted by Gasteiger charge is -2.38. The van der Waals surface area contributed by atoms with Crippen molar-refractivity contribution in [2.75, 3.05) is 39.5 Å². The first kappa shape index (κ1) is 14.8. The Hall–Kier alpha value is -0.720. The van der Waals surface area contributed by atoms with Crippen molar-refractivity contribution in [3.63, 3.8) is 0 Å². The Morgan fingerprint density at radius 1 is 1.09 bits per heavy atom. The van der Waals surface area contributed by atoms with Crippen molar-refractivity contribution in [2.24, 2.45) is 5.92 Å². The van der Waals surface area contributed by atoms with E-state index < -0.39 is 6.17 Å². The van der Waals surface area contributed by atoms with E-state index in [-0.39, 0.29) is 30.0 Å². The molecule has 4 fully saturated rings. The van der Waals surface area contributed by atoms with Crippen LogP contribution >= 0.6 is 0 Å². The lowest BCUT2D eigenvalue weighted by atomic mass is 9.82. The number of alkyl halides is 1. The highest BCUT2D eigenvalue weighted by Crippen LogP contribution is 2.37. The lowest BCUT2D eigenvalue weighted by Crippen LogP contribution is -2.51. The summed E-state index contributed by atoms with van der Waals surface area (Å²) in [6, 6.07) is 0.465. The molecule has 5 nitrogen and oxygen atoms in total. The fourth-order valence-corrected chi connectivity index (χ4v) is 4.40. The SMILES string of the molecule is O=C(C1CC(F)C1)N1C[C@H](N2CCOCC2)[C@@H]2OCCC[C@@H]21. The molecule has 0 aromatic rings. The van der Waals surface area contributed by atoms with Gasteiger partial charge in [0.05, 0.1) is 31.4 Å². The molecule has 1 saturated carbocycles. The van der Waals surface area contributed by atoms with Crippen molar-refractivity contribution >= 4 is 5.91 Å². The van der Waals surface area contributed by atoms with Crippen LogP contribution in [-0.4, -0.2) is 79.5 Å². The summed E-state index contributed by atoms with van der Waals surface area (Å²) in [6.07, 6.45) is 2.20. The molecule has 3 aliphatic heterocycles. The Labute approximate surface area is 130 Å². The van der Waals surface area contributed by atoms with Gasteiger partial charge in [-0.2, -0.15) is 0 Å². The Kier molecular flexibility index (Phi) is 4.09. The van der Waals surface area contributed by atoms with Gasteiger partial charge in [0, 0.05) is 32.2 Å². The molecule has 4 rings (SSSR count). The summed E-state index contributed by atoms with van der Waals surface area (Å²) in [5.74, 6) is 0.0613. The van der Waals surface area contributed by atoms with Crippen LogP contribution in [0.3, 0.4) is 0 Å². The number of fused-ring (bicyclic) bond motifs is 1. The molecule has 4 aliphatic rings. The molecule has 0 spiro atoms. The van der Waals surface area contributed by atoms with Gasteiger partial charge in [-0.25, -0.2) is 4.39 Å². The molecule has 1 aliphatic carbocycles. The molecule has 124 valence electrons. The van der Waals surface area contributed by atoms with Crippen molar-refractivity contribution in [3.05, 3.63) is 0 Å². The zero-order chi connectivity index (χ0) is 15.1. The summed E-state index contributed by atoms with van der Waals surface area (Å²) in [5, 5.41) is 0. The van der Waals surface area contributed by atoms with Gasteiger partial charge in [0.2, 0.25) is 5.91 Å². The van der Waals surface area contributed by atoms with Gasteiger partial charge < -0.3 is 14.4 Å². The van der Waals surface area contributed by atoms with Crippen molar-refractivity contribution in [1.29, 1.82) is 0 Å². The van der Waals surface area contributed by atoms with E-state index in [1.165, 1.54) is 0 Å². The zero-order valence-electron chi connectivity index (χ0n) is 13.0. The molecule has 0 N–H and O–H groups in total. The van der Waals surface area contributed by atoms with Crippen LogP contribution in [0.25, 0.3) is 0 Å². The summed E-state index contributed by atoms with van der Waals surface area (Å²) >= 11 is 0. The Balaban J connectivity index is 1.48. The number of ether oxygens (including phenoxy) is 2. The topological polar surface area (TPSA) is 42.0 Å². The minimum absolute atomic E-state index is 0.0963. The number of amides is 1. The van der Waals surface area contributed by atoms with Gasteiger partial charge in [-0.1, -0.05) is 0 Å². The van der Waals surface area contributed by atoms with Crippen LogP contribution in [0.2, 0.25) is 0 Å². The maximum Gasteiger partial charge on any atom is 0.226 e. The number of carbonyl (C=O) groups is 1. The number of carbonyl (C=O) groups excluding carboxylic acids is 1. The summed E-state index contributed by atoms with van der Waals surface area (Å²) in [5.41, 5.74) is 0. The minimum atomic E-state index is -0.773. The third-order valence-electron chi connectivity index (χ3n) is 5.72. The third-order valence-corrected chi connectivity index (χ3v) is 5.72. The number of hydrogen-bond donors (Lipinski definition) is 0. The van der Waals surface area contributed by atoms with Crippen LogP contribution in [-0.2, 0) is 14.3 Å². The molecule has 0 radical (unpaired) electrons. The minimum Gasteiger partial charge on any atom is -0.379 e. The molecule has 3 saturated heterocycles. The highest BCUT2D eigenvalue weighted by molar-refractivity contribution is 5.80. The molecule has 6 heteroatoms. The number of hydrogen-bond acceptors (Lipinski definition) is 4. The van der Waals surface area contributed by atoms with E-state index in [0.29, 0.717) is 12.8 Å². The number of halogens is 1. The average molecular weight is 312 g/mol. The number of likely N-dealkylation sites (tertiary alicyclic amines) is 1. The van der Waals surface area contributed by atoms with E-state index in [9.17, 15) is 9.18 Å². The monoisotopic (exact) mass is 312 g/mol. The van der Waals surface area contributed by atoms with Crippen LogP contribution in [0.1, 0.15) is 25.7 Å². The average Bonchev–Trinajstić information content (AvgIpc) is 2.92. The standard InChI is InChI=1S/C16H25FN2O3/c17-12-8-11(9-12)16(20)19-10-14(18-3-6-21-7-4-18)15-13(19)2-1-5-22-15/h11-15H,1-10H2/t11?,12?,13-,14-,15+/m0/s1. The molecular formula is C16H25FN2O3. The highest BCUT2D eigenvalue weighted by Gasteiger charge is 2.50. The molecular weight excluding hydrogens is 287 g/mol. The van der Waals surface area contributed by atoms with Crippen LogP contribution in [0.4, 0.5) is 4.39 Å². The van der Waals surface area contributed by atoms with Crippen LogP contribution < -0.4 is 0 Å². The summed E-state index contributed by atoms with van der Waals surface area (Å²) < 4.78 is 24.6. The Morgan fingerprint density at radius 3 is 2.59 bits per heavy atom. The first-order valence-corrected chi connectivity index (χ1v) is 8.62. The second-order valence-corrected chi connectivity index (χ2v) is 7.02. The van der Waals surface area contributed by atoms with Crippen molar-refractivity contribution in [2.45, 2.75) is 50.0 Å². The van der Waals surface area contributed by atoms with Gasteiger partial charge >= 0.3 is 0 Å². The van der Waals surface area contributed by atoms with Gasteiger partial charge in [0.15, 0.2) is 0 Å². The maximum atomic E-state index is 13.1. The van der Waals surface area contributed by atoms with Crippen molar-refractivity contribution < 1.29 is 18.7 Å². The second kappa shape index (κ2) is 6.06. The first-order chi connectivity index (χ1) is 10.7. The van der Waals surface area contributed by atoms with Crippen LogP contribution in [0.15, 0.2) is 0 Å². The fraction of sp³-hybridized carbons (Fsp3) is 0.938. The first-order valence-electron chi connectivity index (χ1n) is 8.62. The van der Waals surface area contributed by atoms with Gasteiger partial charge in [0.1, 0.15) is 6.17 Å². The molecule has 3 atom stereocenters. The lowest BCUT2D eigenvalue weighted by molar-refractivity contribution is -0.143. The van der Waals surface area contributed by atoms with Gasteiger partial charge in [0.25, 0.3) is 0 Å². The molecule has 22 heavy (non-hydrogen) atoms. The number of rotatable bonds is 2. The quantitative estimate of drug-likeness (QED) is 0.757. The maximum absolute atomic E-state index is 13.1. The molecule has 1 amide bonds. The van der Waals surface area contributed by atoms with E-state index in [1.54, 1.807) is 0 Å².